The zero-order valence-electron chi connectivity index (χ0n) is 14.3. The lowest BCUT2D eigenvalue weighted by molar-refractivity contribution is 0.195. The lowest BCUT2D eigenvalue weighted by Crippen LogP contribution is -2.41. The molecule has 0 aliphatic rings. The number of nitrogens with zero attached hydrogens (tertiary/aromatic N) is 2. The van der Waals surface area contributed by atoms with Crippen molar-refractivity contribution in [1.29, 1.82) is 0 Å². The molecule has 122 valence electrons. The van der Waals surface area contributed by atoms with Crippen LogP contribution in [0, 0.1) is 0 Å². The summed E-state index contributed by atoms with van der Waals surface area (Å²) in [7, 11) is 0. The maximum atomic E-state index is 5.34. The van der Waals surface area contributed by atoms with Gasteiger partial charge in [0.15, 0.2) is 0 Å². The predicted molar refractivity (Wildman–Crippen MR) is 89.5 cm³/mol. The van der Waals surface area contributed by atoms with E-state index < -0.39 is 0 Å². The van der Waals surface area contributed by atoms with Crippen LogP contribution in [-0.4, -0.2) is 55.1 Å². The van der Waals surface area contributed by atoms with Gasteiger partial charge in [-0.3, -0.25) is 4.90 Å². The van der Waals surface area contributed by atoms with Crippen molar-refractivity contribution in [3.05, 3.63) is 24.2 Å². The molecular weight excluding hydrogens is 262 g/mol. The van der Waals surface area contributed by atoms with E-state index >= 15 is 0 Å². The Morgan fingerprint density at radius 1 is 1.14 bits per heavy atom. The number of furan rings is 1. The molecule has 0 amide bonds. The average Bonchev–Trinajstić information content (AvgIpc) is 3.01. The number of likely N-dealkylation sites (N-methyl/N-ethyl adjacent to an activating group) is 1. The van der Waals surface area contributed by atoms with Crippen molar-refractivity contribution in [2.75, 3.05) is 39.3 Å². The highest BCUT2D eigenvalue weighted by atomic mass is 16.3. The molecule has 1 heterocycles. The Kier molecular flexibility index (Phi) is 9.39. The van der Waals surface area contributed by atoms with Crippen molar-refractivity contribution in [1.82, 2.24) is 15.1 Å². The maximum absolute atomic E-state index is 5.34. The Morgan fingerprint density at radius 3 is 2.48 bits per heavy atom. The maximum Gasteiger partial charge on any atom is 0.117 e. The first-order chi connectivity index (χ1) is 10.2. The fourth-order valence-corrected chi connectivity index (χ4v) is 2.67. The average molecular weight is 295 g/mol. The molecular formula is C17H33N3O. The number of hydrogen-bond acceptors (Lipinski definition) is 4. The Hall–Kier alpha value is -0.840. The van der Waals surface area contributed by atoms with Crippen LogP contribution in [0.5, 0.6) is 0 Å². The standard InChI is InChI=1S/C17H33N3O/c1-5-19(6-2)11-9-12-20(7-3)16(4)14-18-15-17-10-8-13-21-17/h8,10,13,16,18H,5-7,9,11-12,14-15H2,1-4H3. The second kappa shape index (κ2) is 10.8. The number of hydrogen-bond donors (Lipinski definition) is 1. The minimum atomic E-state index is 0.557. The summed E-state index contributed by atoms with van der Waals surface area (Å²) >= 11 is 0. The van der Waals surface area contributed by atoms with E-state index in [2.05, 4.69) is 42.8 Å². The fourth-order valence-electron chi connectivity index (χ4n) is 2.67. The van der Waals surface area contributed by atoms with Crippen LogP contribution in [0.1, 0.15) is 39.9 Å². The third-order valence-corrected chi connectivity index (χ3v) is 4.16. The Balaban J connectivity index is 2.20. The van der Waals surface area contributed by atoms with Gasteiger partial charge in [-0.25, -0.2) is 0 Å². The third kappa shape index (κ3) is 7.11. The van der Waals surface area contributed by atoms with Gasteiger partial charge in [-0.15, -0.1) is 0 Å². The minimum Gasteiger partial charge on any atom is -0.468 e. The first-order valence-corrected chi connectivity index (χ1v) is 8.40. The quantitative estimate of drug-likeness (QED) is 0.642. The van der Waals surface area contributed by atoms with Crippen LogP contribution >= 0.6 is 0 Å². The smallest absolute Gasteiger partial charge is 0.117 e. The van der Waals surface area contributed by atoms with Gasteiger partial charge < -0.3 is 14.6 Å². The fraction of sp³-hybridized carbons (Fsp3) is 0.765. The zero-order valence-corrected chi connectivity index (χ0v) is 14.3. The minimum absolute atomic E-state index is 0.557. The van der Waals surface area contributed by atoms with E-state index in [9.17, 15) is 0 Å². The van der Waals surface area contributed by atoms with Crippen LogP contribution in [0.4, 0.5) is 0 Å². The van der Waals surface area contributed by atoms with Crippen molar-refractivity contribution in [2.24, 2.45) is 0 Å². The largest absolute Gasteiger partial charge is 0.468 e. The van der Waals surface area contributed by atoms with E-state index in [-0.39, 0.29) is 0 Å². The van der Waals surface area contributed by atoms with E-state index in [0.29, 0.717) is 6.04 Å². The summed E-state index contributed by atoms with van der Waals surface area (Å²) in [5.41, 5.74) is 0. The molecule has 4 nitrogen and oxygen atoms in total. The molecule has 0 aromatic carbocycles. The monoisotopic (exact) mass is 295 g/mol. The second-order valence-electron chi connectivity index (χ2n) is 5.57. The van der Waals surface area contributed by atoms with Crippen molar-refractivity contribution < 1.29 is 4.42 Å². The summed E-state index contributed by atoms with van der Waals surface area (Å²) in [6.45, 7) is 16.6. The molecule has 21 heavy (non-hydrogen) atoms. The topological polar surface area (TPSA) is 31.6 Å². The molecule has 0 fully saturated rings. The molecule has 4 heteroatoms. The van der Waals surface area contributed by atoms with Crippen LogP contribution in [0.3, 0.4) is 0 Å². The van der Waals surface area contributed by atoms with Gasteiger partial charge in [-0.05, 0) is 58.2 Å². The molecule has 0 spiro atoms. The number of rotatable bonds is 12. The third-order valence-electron chi connectivity index (χ3n) is 4.16. The van der Waals surface area contributed by atoms with Gasteiger partial charge in [-0.2, -0.15) is 0 Å². The van der Waals surface area contributed by atoms with Crippen LogP contribution in [0.15, 0.2) is 22.8 Å². The summed E-state index contributed by atoms with van der Waals surface area (Å²) in [5.74, 6) is 1.01. The Bertz CT molecular complexity index is 336. The summed E-state index contributed by atoms with van der Waals surface area (Å²) in [6, 6.07) is 4.51. The second-order valence-corrected chi connectivity index (χ2v) is 5.57. The molecule has 0 aliphatic heterocycles. The molecule has 1 aromatic rings. The summed E-state index contributed by atoms with van der Waals surface area (Å²) in [6.07, 6.45) is 2.98. The Morgan fingerprint density at radius 2 is 1.90 bits per heavy atom. The summed E-state index contributed by atoms with van der Waals surface area (Å²) in [5, 5.41) is 3.48. The van der Waals surface area contributed by atoms with Crippen LogP contribution in [-0.2, 0) is 6.54 Å². The van der Waals surface area contributed by atoms with Gasteiger partial charge in [0.05, 0.1) is 12.8 Å². The van der Waals surface area contributed by atoms with Crippen molar-refractivity contribution in [3.8, 4) is 0 Å². The van der Waals surface area contributed by atoms with Gasteiger partial charge in [0.2, 0.25) is 0 Å². The molecule has 0 aliphatic carbocycles. The molecule has 0 saturated heterocycles. The summed E-state index contributed by atoms with van der Waals surface area (Å²) < 4.78 is 5.34. The normalized spacial score (nSPS) is 13.2. The SMILES string of the molecule is CCN(CC)CCCN(CC)C(C)CNCc1ccco1. The van der Waals surface area contributed by atoms with Gasteiger partial charge >= 0.3 is 0 Å². The molecule has 0 saturated carbocycles. The molecule has 1 atom stereocenters. The Labute approximate surface area is 130 Å². The highest BCUT2D eigenvalue weighted by Crippen LogP contribution is 2.03. The van der Waals surface area contributed by atoms with Crippen molar-refractivity contribution >= 4 is 0 Å². The van der Waals surface area contributed by atoms with Crippen LogP contribution in [0.25, 0.3) is 0 Å². The van der Waals surface area contributed by atoms with Crippen LogP contribution < -0.4 is 5.32 Å². The first kappa shape index (κ1) is 18.2. The molecule has 1 N–H and O–H groups in total. The van der Waals surface area contributed by atoms with Gasteiger partial charge in [-0.1, -0.05) is 20.8 Å². The number of nitrogens with one attached hydrogen (secondary N) is 1. The lowest BCUT2D eigenvalue weighted by atomic mass is 10.2. The molecule has 1 aromatic heterocycles. The predicted octanol–water partition coefficient (Wildman–Crippen LogP) is 2.81. The molecule has 1 unspecified atom stereocenters. The molecule has 0 bridgehead atoms. The van der Waals surface area contributed by atoms with Crippen molar-refractivity contribution in [3.63, 3.8) is 0 Å². The van der Waals surface area contributed by atoms with Gasteiger partial charge in [0.1, 0.15) is 5.76 Å². The highest BCUT2D eigenvalue weighted by Gasteiger charge is 2.12. The lowest BCUT2D eigenvalue weighted by Gasteiger charge is -2.29. The van der Waals surface area contributed by atoms with Crippen molar-refractivity contribution in [2.45, 2.75) is 46.7 Å². The highest BCUT2D eigenvalue weighted by molar-refractivity contribution is 4.97. The van der Waals surface area contributed by atoms with Crippen LogP contribution in [0.2, 0.25) is 0 Å². The van der Waals surface area contributed by atoms with E-state index in [1.807, 2.05) is 12.1 Å². The van der Waals surface area contributed by atoms with E-state index in [1.54, 1.807) is 6.26 Å². The first-order valence-electron chi connectivity index (χ1n) is 8.40. The molecule has 0 radical (unpaired) electrons. The van der Waals surface area contributed by atoms with Gasteiger partial charge in [0, 0.05) is 12.6 Å². The van der Waals surface area contributed by atoms with E-state index in [1.165, 1.54) is 19.5 Å². The van der Waals surface area contributed by atoms with E-state index in [4.69, 9.17) is 4.42 Å². The molecule has 1 rings (SSSR count). The zero-order chi connectivity index (χ0) is 15.5. The van der Waals surface area contributed by atoms with Gasteiger partial charge in [0.25, 0.3) is 0 Å². The summed E-state index contributed by atoms with van der Waals surface area (Å²) in [4.78, 5) is 5.05. The van der Waals surface area contributed by atoms with E-state index in [0.717, 1.165) is 38.5 Å².